The molecule has 2 heterocycles. The van der Waals surface area contributed by atoms with E-state index in [1.165, 1.54) is 57.4 Å². The van der Waals surface area contributed by atoms with Gasteiger partial charge in [-0.05, 0) is 121 Å². The maximum absolute atomic E-state index is 5.51. The maximum Gasteiger partial charge on any atom is 0.131 e. The summed E-state index contributed by atoms with van der Waals surface area (Å²) in [5.41, 5.74) is 13.2. The van der Waals surface area contributed by atoms with Gasteiger partial charge >= 0.3 is 0 Å². The van der Waals surface area contributed by atoms with Crippen molar-refractivity contribution in [3.63, 3.8) is 0 Å². The number of benzene rings is 3. The maximum atomic E-state index is 5.51. The Morgan fingerprint density at radius 3 is 2.30 bits per heavy atom. The van der Waals surface area contributed by atoms with Gasteiger partial charge in [-0.25, -0.2) is 4.99 Å². The summed E-state index contributed by atoms with van der Waals surface area (Å²) in [6.45, 7) is 2.28. The van der Waals surface area contributed by atoms with Crippen LogP contribution in [0.4, 0.5) is 0 Å². The van der Waals surface area contributed by atoms with E-state index in [4.69, 9.17) is 9.98 Å². The number of nitrogens with one attached hydrogen (secondary N) is 4. The fourth-order valence-corrected chi connectivity index (χ4v) is 10.0. The van der Waals surface area contributed by atoms with Crippen LogP contribution < -0.4 is 21.3 Å². The summed E-state index contributed by atoms with van der Waals surface area (Å²) in [7, 11) is 0. The number of hydrogen-bond acceptors (Lipinski definition) is 6. The highest BCUT2D eigenvalue weighted by atomic mass is 15.3. The quantitative estimate of drug-likeness (QED) is 0.163. The Bertz CT molecular complexity index is 2450. The van der Waals surface area contributed by atoms with E-state index in [0.29, 0.717) is 5.92 Å². The molecule has 0 aromatic heterocycles. The van der Waals surface area contributed by atoms with Crippen molar-refractivity contribution in [2.75, 3.05) is 0 Å². The minimum Gasteiger partial charge on any atom is -0.354 e. The zero-order valence-corrected chi connectivity index (χ0v) is 35.3. The van der Waals surface area contributed by atoms with Crippen LogP contribution in [0, 0.1) is 17.8 Å². The van der Waals surface area contributed by atoms with Crippen LogP contribution in [-0.4, -0.2) is 30.2 Å². The lowest BCUT2D eigenvalue weighted by Crippen LogP contribution is -2.58. The van der Waals surface area contributed by atoms with Gasteiger partial charge in [0.2, 0.25) is 0 Å². The molecule has 7 unspecified atom stereocenters. The van der Waals surface area contributed by atoms with Crippen LogP contribution in [0.1, 0.15) is 93.1 Å². The molecule has 6 nitrogen and oxygen atoms in total. The first kappa shape index (κ1) is 39.3. The summed E-state index contributed by atoms with van der Waals surface area (Å²) in [5.74, 6) is 3.02. The molecule has 7 aliphatic rings. The van der Waals surface area contributed by atoms with E-state index >= 15 is 0 Å². The van der Waals surface area contributed by atoms with Gasteiger partial charge in [-0.15, -0.1) is 0 Å². The van der Waals surface area contributed by atoms with E-state index in [2.05, 4.69) is 186 Å². The third-order valence-electron chi connectivity index (χ3n) is 13.5. The first-order valence-corrected chi connectivity index (χ1v) is 22.7. The van der Waals surface area contributed by atoms with E-state index in [1.807, 2.05) is 0 Å². The fraction of sp³-hybridized carbons (Fsp3) is 0.309. The van der Waals surface area contributed by atoms with Crippen LogP contribution in [0.5, 0.6) is 0 Å². The lowest BCUT2D eigenvalue weighted by atomic mass is 9.82. The van der Waals surface area contributed by atoms with Crippen LogP contribution in [0.25, 0.3) is 11.1 Å². The smallest absolute Gasteiger partial charge is 0.131 e. The van der Waals surface area contributed by atoms with Crippen LogP contribution in [0.3, 0.4) is 0 Å². The average molecular weight is 803 g/mol. The first-order chi connectivity index (χ1) is 30.1. The molecule has 0 amide bonds. The highest BCUT2D eigenvalue weighted by molar-refractivity contribution is 5.99. The predicted molar refractivity (Wildman–Crippen MR) is 253 cm³/mol. The topological polar surface area (TPSA) is 72.8 Å². The van der Waals surface area contributed by atoms with Gasteiger partial charge in [-0.3, -0.25) is 15.6 Å². The fourth-order valence-electron chi connectivity index (χ4n) is 10.0. The minimum atomic E-state index is -0.150. The summed E-state index contributed by atoms with van der Waals surface area (Å²) in [5, 5.41) is 15.5. The Labute approximate surface area is 362 Å². The van der Waals surface area contributed by atoms with E-state index in [1.54, 1.807) is 0 Å². The summed E-state index contributed by atoms with van der Waals surface area (Å²) in [6.07, 6.45) is 37.9. The van der Waals surface area contributed by atoms with Crippen molar-refractivity contribution in [1.82, 2.24) is 21.3 Å². The molecule has 0 bridgehead atoms. The molecule has 2 aliphatic heterocycles. The molecular formula is C55H58N6. The Morgan fingerprint density at radius 1 is 0.639 bits per heavy atom. The lowest BCUT2D eigenvalue weighted by Gasteiger charge is -2.39. The van der Waals surface area contributed by atoms with Gasteiger partial charge in [0.05, 0.1) is 0 Å². The van der Waals surface area contributed by atoms with Gasteiger partial charge in [0.1, 0.15) is 36.3 Å². The number of aliphatic imine (C=N–C) groups is 2. The number of rotatable bonds is 9. The van der Waals surface area contributed by atoms with Crippen LogP contribution >= 0.6 is 0 Å². The molecule has 0 saturated carbocycles. The van der Waals surface area contributed by atoms with Crippen molar-refractivity contribution in [1.29, 1.82) is 0 Å². The van der Waals surface area contributed by atoms with Gasteiger partial charge in [0.15, 0.2) is 0 Å². The largest absolute Gasteiger partial charge is 0.354 e. The summed E-state index contributed by atoms with van der Waals surface area (Å²) in [6, 6.07) is 30.3. The molecule has 5 aliphatic carbocycles. The van der Waals surface area contributed by atoms with Crippen molar-refractivity contribution in [2.24, 2.45) is 27.7 Å². The first-order valence-electron chi connectivity index (χ1n) is 22.7. The zero-order valence-electron chi connectivity index (χ0n) is 35.3. The molecule has 4 N–H and O–H groups in total. The van der Waals surface area contributed by atoms with Crippen LogP contribution in [-0.2, 0) is 0 Å². The highest BCUT2D eigenvalue weighted by Crippen LogP contribution is 2.38. The van der Waals surface area contributed by atoms with E-state index in [9.17, 15) is 0 Å². The molecule has 0 spiro atoms. The number of allylic oxidation sites excluding steroid dienone is 13. The van der Waals surface area contributed by atoms with Crippen molar-refractivity contribution in [3.8, 4) is 0 Å². The van der Waals surface area contributed by atoms with Crippen molar-refractivity contribution in [2.45, 2.75) is 89.4 Å². The monoisotopic (exact) mass is 802 g/mol. The van der Waals surface area contributed by atoms with E-state index < -0.39 is 0 Å². The van der Waals surface area contributed by atoms with Crippen molar-refractivity contribution >= 4 is 22.8 Å². The number of nitrogens with zero attached hydrogens (tertiary/aromatic N) is 2. The molecule has 308 valence electrons. The zero-order chi connectivity index (χ0) is 41.0. The van der Waals surface area contributed by atoms with E-state index in [0.717, 1.165) is 67.7 Å². The van der Waals surface area contributed by atoms with Gasteiger partial charge < -0.3 is 10.6 Å². The second kappa shape index (κ2) is 18.0. The molecular weight excluding hydrogens is 745 g/mol. The molecule has 61 heavy (non-hydrogen) atoms. The minimum absolute atomic E-state index is 0.00919. The molecule has 0 fully saturated rings. The summed E-state index contributed by atoms with van der Waals surface area (Å²) >= 11 is 0. The molecule has 0 radical (unpaired) electrons. The molecule has 6 heteroatoms. The summed E-state index contributed by atoms with van der Waals surface area (Å²) in [4.78, 5) is 10.6. The standard InChI is InChI=1S/C55H58N6/c1-37-28-29-48(55-60-52(42-22-12-5-13-23-42)57-53(61-55)43-32-30-39(31-33-43)38-16-6-2-7-17-38)36-49(37)46-26-14-24-44(34-46)45-25-15-27-47(35-45)54-58-50(40-18-8-3-9-19-40)56-51(59-54)41-20-10-4-11-21-41/h2-4,6-11,14,16,18-22,24,26-32,34-35,38,43,48,50,52,54-55,58,60H,5,12-13,15,17,23,25,33,36H2,1H3,(H,56,59)(H,57,61). The Morgan fingerprint density at radius 2 is 1.49 bits per heavy atom. The van der Waals surface area contributed by atoms with Gasteiger partial charge in [0, 0.05) is 23.3 Å². The Kier molecular flexibility index (Phi) is 11.6. The summed E-state index contributed by atoms with van der Waals surface area (Å²) < 4.78 is 0. The highest BCUT2D eigenvalue weighted by Gasteiger charge is 2.34. The van der Waals surface area contributed by atoms with Crippen LogP contribution in [0.2, 0.25) is 0 Å². The molecule has 7 atom stereocenters. The second-order valence-electron chi connectivity index (χ2n) is 17.6. The molecule has 3 aromatic carbocycles. The van der Waals surface area contributed by atoms with E-state index in [-0.39, 0.29) is 36.5 Å². The number of amidine groups is 2. The SMILES string of the molecule is CC1=C(c2cccc(C3=CC(C4NC(c5ccccc5)=NC(c5ccccc5)N4)=CCC3)c2)CC(C2N=C(C3C=CC(C4C=CC=CC4)=CC3)NC(C3=CCCCC3)N2)C=C1. The van der Waals surface area contributed by atoms with Crippen molar-refractivity contribution < 1.29 is 0 Å². The number of hydrogen-bond donors (Lipinski definition) is 4. The average Bonchev–Trinajstić information content (AvgIpc) is 3.35. The van der Waals surface area contributed by atoms with Gasteiger partial charge in [-0.2, -0.15) is 0 Å². The van der Waals surface area contributed by atoms with Crippen LogP contribution in [0.15, 0.2) is 190 Å². The normalized spacial score (nSPS) is 28.7. The molecule has 3 aromatic rings. The Hall–Kier alpha value is -5.82. The Balaban J connectivity index is 0.883. The van der Waals surface area contributed by atoms with Gasteiger partial charge in [0.25, 0.3) is 0 Å². The lowest BCUT2D eigenvalue weighted by molar-refractivity contribution is 0.346. The molecule has 10 rings (SSSR count). The predicted octanol–water partition coefficient (Wildman–Crippen LogP) is 11.2. The third-order valence-corrected chi connectivity index (χ3v) is 13.5. The second-order valence-corrected chi connectivity index (χ2v) is 17.6. The molecule has 0 saturated heterocycles. The van der Waals surface area contributed by atoms with Crippen molar-refractivity contribution in [3.05, 3.63) is 202 Å². The third kappa shape index (κ3) is 8.84. The van der Waals surface area contributed by atoms with Gasteiger partial charge in [-0.1, -0.05) is 152 Å².